The molecule has 1 aliphatic carbocycles. The summed E-state index contributed by atoms with van der Waals surface area (Å²) in [5.74, 6) is 1.93. The summed E-state index contributed by atoms with van der Waals surface area (Å²) in [6.07, 6.45) is 7.06. The highest BCUT2D eigenvalue weighted by Gasteiger charge is 2.27. The van der Waals surface area contributed by atoms with Crippen molar-refractivity contribution in [2.45, 2.75) is 87.5 Å². The lowest BCUT2D eigenvalue weighted by molar-refractivity contribution is 0.161. The van der Waals surface area contributed by atoms with Crippen molar-refractivity contribution in [2.75, 3.05) is 0 Å². The molecule has 1 fully saturated rings. The van der Waals surface area contributed by atoms with Crippen LogP contribution in [0.4, 0.5) is 0 Å². The summed E-state index contributed by atoms with van der Waals surface area (Å²) in [5.41, 5.74) is 0.644. The molecule has 0 spiro atoms. The molecule has 0 N–H and O–H groups in total. The fourth-order valence-electron chi connectivity index (χ4n) is 2.09. The highest BCUT2D eigenvalue weighted by Crippen LogP contribution is 2.40. The van der Waals surface area contributed by atoms with Crippen molar-refractivity contribution in [3.63, 3.8) is 0 Å². The molecule has 1 saturated carbocycles. The Labute approximate surface area is 105 Å². The standard InChI is InChI=1S/C11H22.C3H8.C2H6/c1-9(2)10-5-7-11(3,4)8-6-10;1-3-2;1-2/h9-10H,5-8H2,1-4H3;3H2,1-2H3;1-2H3. The van der Waals surface area contributed by atoms with Crippen LogP contribution in [-0.2, 0) is 0 Å². The van der Waals surface area contributed by atoms with Gasteiger partial charge in [0.15, 0.2) is 0 Å². The third-order valence-corrected chi connectivity index (χ3v) is 3.33. The third-order valence-electron chi connectivity index (χ3n) is 3.33. The summed E-state index contributed by atoms with van der Waals surface area (Å²) < 4.78 is 0. The van der Waals surface area contributed by atoms with E-state index in [0.29, 0.717) is 5.41 Å². The predicted molar refractivity (Wildman–Crippen MR) is 77.9 cm³/mol. The van der Waals surface area contributed by atoms with E-state index in [9.17, 15) is 0 Å². The molecule has 0 heterocycles. The Morgan fingerprint density at radius 1 is 1.00 bits per heavy atom. The normalized spacial score (nSPS) is 19.3. The van der Waals surface area contributed by atoms with E-state index in [1.165, 1.54) is 32.1 Å². The summed E-state index contributed by atoms with van der Waals surface area (Å²) >= 11 is 0. The minimum absolute atomic E-state index is 0.644. The van der Waals surface area contributed by atoms with Gasteiger partial charge in [-0.15, -0.1) is 0 Å². The molecule has 0 atom stereocenters. The first-order valence-corrected chi connectivity index (χ1v) is 7.43. The SMILES string of the molecule is CC.CC(C)C1CCC(C)(C)CC1.CCC. The van der Waals surface area contributed by atoms with E-state index in [1.807, 2.05) is 13.8 Å². The molecular formula is C16H36. The minimum Gasteiger partial charge on any atom is -0.0683 e. The van der Waals surface area contributed by atoms with Gasteiger partial charge in [-0.25, -0.2) is 0 Å². The number of hydrogen-bond acceptors (Lipinski definition) is 0. The molecule has 16 heavy (non-hydrogen) atoms. The van der Waals surface area contributed by atoms with Gasteiger partial charge in [-0.1, -0.05) is 61.8 Å². The zero-order valence-electron chi connectivity index (χ0n) is 13.2. The molecule has 0 aromatic rings. The first kappa shape index (κ1) is 18.4. The van der Waals surface area contributed by atoms with E-state index in [1.54, 1.807) is 0 Å². The van der Waals surface area contributed by atoms with Crippen LogP contribution < -0.4 is 0 Å². The van der Waals surface area contributed by atoms with Crippen molar-refractivity contribution in [1.82, 2.24) is 0 Å². The van der Waals surface area contributed by atoms with Crippen LogP contribution in [0.3, 0.4) is 0 Å². The molecule has 0 unspecified atom stereocenters. The fourth-order valence-corrected chi connectivity index (χ4v) is 2.09. The lowest BCUT2D eigenvalue weighted by Crippen LogP contribution is -2.23. The Bertz CT molecular complexity index is 123. The first-order valence-electron chi connectivity index (χ1n) is 7.43. The average molecular weight is 228 g/mol. The molecule has 0 aromatic carbocycles. The molecule has 1 rings (SSSR count). The van der Waals surface area contributed by atoms with Crippen LogP contribution in [-0.4, -0.2) is 0 Å². The van der Waals surface area contributed by atoms with E-state index in [2.05, 4.69) is 41.5 Å². The van der Waals surface area contributed by atoms with Crippen LogP contribution in [0.1, 0.15) is 87.5 Å². The van der Waals surface area contributed by atoms with Gasteiger partial charge in [0.05, 0.1) is 0 Å². The summed E-state index contributed by atoms with van der Waals surface area (Å²) in [6.45, 7) is 17.8. The van der Waals surface area contributed by atoms with Gasteiger partial charge in [-0.3, -0.25) is 0 Å². The lowest BCUT2D eigenvalue weighted by atomic mass is 9.70. The Kier molecular flexibility index (Phi) is 11.7. The van der Waals surface area contributed by atoms with Crippen molar-refractivity contribution < 1.29 is 0 Å². The molecule has 0 bridgehead atoms. The molecule has 1 aliphatic rings. The van der Waals surface area contributed by atoms with Gasteiger partial charge in [0.2, 0.25) is 0 Å². The highest BCUT2D eigenvalue weighted by molar-refractivity contribution is 4.79. The summed E-state index contributed by atoms with van der Waals surface area (Å²) in [4.78, 5) is 0. The van der Waals surface area contributed by atoms with Crippen LogP contribution in [0.2, 0.25) is 0 Å². The van der Waals surface area contributed by atoms with Gasteiger partial charge in [-0.05, 0) is 42.9 Å². The minimum atomic E-state index is 0.644. The van der Waals surface area contributed by atoms with E-state index >= 15 is 0 Å². The van der Waals surface area contributed by atoms with E-state index in [-0.39, 0.29) is 0 Å². The van der Waals surface area contributed by atoms with Crippen molar-refractivity contribution >= 4 is 0 Å². The van der Waals surface area contributed by atoms with E-state index in [4.69, 9.17) is 0 Å². The zero-order valence-corrected chi connectivity index (χ0v) is 13.2. The topological polar surface area (TPSA) is 0 Å². The van der Waals surface area contributed by atoms with Crippen LogP contribution in [0.25, 0.3) is 0 Å². The van der Waals surface area contributed by atoms with E-state index in [0.717, 1.165) is 11.8 Å². The molecular weight excluding hydrogens is 192 g/mol. The lowest BCUT2D eigenvalue weighted by Gasteiger charge is -2.36. The highest BCUT2D eigenvalue weighted by atomic mass is 14.3. The smallest absolute Gasteiger partial charge is 0.0354 e. The Balaban J connectivity index is 0. The zero-order chi connectivity index (χ0) is 13.2. The van der Waals surface area contributed by atoms with Crippen LogP contribution in [0.5, 0.6) is 0 Å². The quantitative estimate of drug-likeness (QED) is 0.494. The molecule has 0 radical (unpaired) electrons. The predicted octanol–water partition coefficient (Wildman–Crippen LogP) is 6.30. The summed E-state index contributed by atoms with van der Waals surface area (Å²) in [5, 5.41) is 0. The molecule has 0 amide bonds. The first-order chi connectivity index (χ1) is 7.43. The molecule has 0 heteroatoms. The molecule has 0 saturated heterocycles. The Morgan fingerprint density at radius 2 is 1.31 bits per heavy atom. The second-order valence-corrected chi connectivity index (χ2v) is 5.95. The third kappa shape index (κ3) is 9.24. The number of rotatable bonds is 1. The average Bonchev–Trinajstić information content (AvgIpc) is 2.21. The second-order valence-electron chi connectivity index (χ2n) is 5.95. The van der Waals surface area contributed by atoms with Gasteiger partial charge in [0.1, 0.15) is 0 Å². The fraction of sp³-hybridized carbons (Fsp3) is 1.00. The van der Waals surface area contributed by atoms with Crippen LogP contribution >= 0.6 is 0 Å². The maximum Gasteiger partial charge on any atom is -0.0354 e. The largest absolute Gasteiger partial charge is 0.0683 e. The molecule has 0 aliphatic heterocycles. The maximum absolute atomic E-state index is 2.41. The van der Waals surface area contributed by atoms with E-state index < -0.39 is 0 Å². The summed E-state index contributed by atoms with van der Waals surface area (Å²) in [7, 11) is 0. The molecule has 0 nitrogen and oxygen atoms in total. The van der Waals surface area contributed by atoms with Crippen molar-refractivity contribution in [3.8, 4) is 0 Å². The van der Waals surface area contributed by atoms with Crippen molar-refractivity contribution in [3.05, 3.63) is 0 Å². The van der Waals surface area contributed by atoms with Gasteiger partial charge in [0, 0.05) is 0 Å². The number of hydrogen-bond donors (Lipinski definition) is 0. The van der Waals surface area contributed by atoms with Crippen LogP contribution in [0.15, 0.2) is 0 Å². The van der Waals surface area contributed by atoms with Crippen molar-refractivity contribution in [1.29, 1.82) is 0 Å². The van der Waals surface area contributed by atoms with Gasteiger partial charge >= 0.3 is 0 Å². The second kappa shape index (κ2) is 10.2. The molecule has 0 aromatic heterocycles. The van der Waals surface area contributed by atoms with Gasteiger partial charge in [0.25, 0.3) is 0 Å². The van der Waals surface area contributed by atoms with Gasteiger partial charge in [-0.2, -0.15) is 0 Å². The molecule has 100 valence electrons. The van der Waals surface area contributed by atoms with Gasteiger partial charge < -0.3 is 0 Å². The Hall–Kier alpha value is 0. The monoisotopic (exact) mass is 228 g/mol. The van der Waals surface area contributed by atoms with Crippen LogP contribution in [0, 0.1) is 17.3 Å². The summed E-state index contributed by atoms with van der Waals surface area (Å²) in [6, 6.07) is 0. The maximum atomic E-state index is 2.41. The Morgan fingerprint density at radius 3 is 1.56 bits per heavy atom. The van der Waals surface area contributed by atoms with Crippen molar-refractivity contribution in [2.24, 2.45) is 17.3 Å².